The Bertz CT molecular complexity index is 273. The summed E-state index contributed by atoms with van der Waals surface area (Å²) in [5.74, 6) is 1.03. The third kappa shape index (κ3) is 3.76. The number of nitrogens with zero attached hydrogens (tertiary/aromatic N) is 1. The van der Waals surface area contributed by atoms with E-state index in [1.807, 2.05) is 0 Å². The molecule has 0 aromatic rings. The summed E-state index contributed by atoms with van der Waals surface area (Å²) in [4.78, 5) is 2.87. The van der Waals surface area contributed by atoms with Crippen LogP contribution >= 0.6 is 0 Å². The smallest absolute Gasteiger partial charge is 0.0124 e. The molecular formula is C18H36N2. The highest BCUT2D eigenvalue weighted by Gasteiger charge is 2.39. The van der Waals surface area contributed by atoms with Crippen LogP contribution < -0.4 is 5.32 Å². The van der Waals surface area contributed by atoms with E-state index in [0.29, 0.717) is 5.41 Å². The van der Waals surface area contributed by atoms with Crippen LogP contribution in [0, 0.1) is 11.3 Å². The van der Waals surface area contributed by atoms with Crippen molar-refractivity contribution in [1.82, 2.24) is 10.2 Å². The number of hydrogen-bond acceptors (Lipinski definition) is 2. The molecule has 0 bridgehead atoms. The quantitative estimate of drug-likeness (QED) is 0.675. The van der Waals surface area contributed by atoms with E-state index in [4.69, 9.17) is 0 Å². The number of fused-ring (bicyclic) bond motifs is 1. The summed E-state index contributed by atoms with van der Waals surface area (Å²) in [5, 5.41) is 3.70. The lowest BCUT2D eigenvalue weighted by atomic mass is 9.80. The van der Waals surface area contributed by atoms with Gasteiger partial charge in [-0.15, -0.1) is 0 Å². The lowest BCUT2D eigenvalue weighted by Crippen LogP contribution is -2.46. The maximum atomic E-state index is 3.70. The van der Waals surface area contributed by atoms with Crippen LogP contribution in [-0.4, -0.2) is 37.1 Å². The van der Waals surface area contributed by atoms with Crippen LogP contribution in [0.1, 0.15) is 72.1 Å². The Morgan fingerprint density at radius 1 is 1.05 bits per heavy atom. The minimum absolute atomic E-state index is 0.501. The number of hydrogen-bond donors (Lipinski definition) is 1. The van der Waals surface area contributed by atoms with Crippen LogP contribution in [0.3, 0.4) is 0 Å². The van der Waals surface area contributed by atoms with E-state index < -0.39 is 0 Å². The van der Waals surface area contributed by atoms with Gasteiger partial charge in [-0.2, -0.15) is 0 Å². The molecule has 1 aliphatic carbocycles. The fourth-order valence-corrected chi connectivity index (χ4v) is 4.44. The van der Waals surface area contributed by atoms with E-state index >= 15 is 0 Å². The fourth-order valence-electron chi connectivity index (χ4n) is 4.44. The summed E-state index contributed by atoms with van der Waals surface area (Å²) >= 11 is 0. The summed E-state index contributed by atoms with van der Waals surface area (Å²) in [6.45, 7) is 12.1. The molecule has 1 N–H and O–H groups in total. The molecule has 2 atom stereocenters. The Morgan fingerprint density at radius 3 is 2.50 bits per heavy atom. The summed E-state index contributed by atoms with van der Waals surface area (Å²) in [5.41, 5.74) is 0.501. The lowest BCUT2D eigenvalue weighted by Gasteiger charge is -2.40. The molecule has 118 valence electrons. The first-order valence-electron chi connectivity index (χ1n) is 9.19. The van der Waals surface area contributed by atoms with E-state index in [0.717, 1.165) is 12.0 Å². The van der Waals surface area contributed by atoms with Gasteiger partial charge in [-0.1, -0.05) is 33.6 Å². The molecule has 2 unspecified atom stereocenters. The predicted octanol–water partition coefficient (Wildman–Crippen LogP) is 4.06. The van der Waals surface area contributed by atoms with Crippen molar-refractivity contribution in [2.24, 2.45) is 11.3 Å². The molecule has 1 heterocycles. The van der Waals surface area contributed by atoms with Crippen molar-refractivity contribution < 1.29 is 0 Å². The SMILES string of the molecule is CCCNCC(CC)(CC)CN1CCC2CCCCC21. The van der Waals surface area contributed by atoms with Gasteiger partial charge in [-0.3, -0.25) is 4.90 Å². The molecule has 2 fully saturated rings. The molecule has 1 saturated heterocycles. The van der Waals surface area contributed by atoms with E-state index in [1.165, 1.54) is 77.5 Å². The van der Waals surface area contributed by atoms with E-state index in [9.17, 15) is 0 Å². The van der Waals surface area contributed by atoms with Gasteiger partial charge in [-0.25, -0.2) is 0 Å². The van der Waals surface area contributed by atoms with Crippen molar-refractivity contribution in [2.45, 2.75) is 78.2 Å². The molecule has 0 spiro atoms. The Labute approximate surface area is 126 Å². The summed E-state index contributed by atoms with van der Waals surface area (Å²) in [7, 11) is 0. The zero-order valence-corrected chi connectivity index (χ0v) is 14.1. The van der Waals surface area contributed by atoms with Crippen molar-refractivity contribution in [3.05, 3.63) is 0 Å². The van der Waals surface area contributed by atoms with Gasteiger partial charge in [0.05, 0.1) is 0 Å². The Balaban J connectivity index is 1.93. The van der Waals surface area contributed by atoms with Crippen molar-refractivity contribution in [2.75, 3.05) is 26.2 Å². The first-order valence-corrected chi connectivity index (χ1v) is 9.19. The van der Waals surface area contributed by atoms with Crippen molar-refractivity contribution in [3.8, 4) is 0 Å². The zero-order valence-electron chi connectivity index (χ0n) is 14.1. The average molecular weight is 280 g/mol. The zero-order chi connectivity index (χ0) is 14.4. The van der Waals surface area contributed by atoms with Gasteiger partial charge in [0.15, 0.2) is 0 Å². The maximum absolute atomic E-state index is 3.70. The topological polar surface area (TPSA) is 15.3 Å². The number of likely N-dealkylation sites (tertiary alicyclic amines) is 1. The average Bonchev–Trinajstić information content (AvgIpc) is 2.89. The second kappa shape index (κ2) is 7.79. The van der Waals surface area contributed by atoms with Crippen LogP contribution in [0.25, 0.3) is 0 Å². The van der Waals surface area contributed by atoms with Gasteiger partial charge < -0.3 is 5.32 Å². The summed E-state index contributed by atoms with van der Waals surface area (Å²) in [6, 6.07) is 0.924. The predicted molar refractivity (Wildman–Crippen MR) is 88.1 cm³/mol. The third-order valence-corrected chi connectivity index (χ3v) is 6.09. The van der Waals surface area contributed by atoms with Crippen LogP contribution in [0.15, 0.2) is 0 Å². The minimum Gasteiger partial charge on any atom is -0.316 e. The van der Waals surface area contributed by atoms with Gasteiger partial charge in [0.1, 0.15) is 0 Å². The molecule has 0 aromatic heterocycles. The maximum Gasteiger partial charge on any atom is 0.0124 e. The first kappa shape index (κ1) is 16.3. The first-order chi connectivity index (χ1) is 9.74. The molecule has 2 aliphatic rings. The molecule has 20 heavy (non-hydrogen) atoms. The van der Waals surface area contributed by atoms with Gasteiger partial charge in [-0.05, 0) is 62.9 Å². The fraction of sp³-hybridized carbons (Fsp3) is 1.00. The third-order valence-electron chi connectivity index (χ3n) is 6.09. The minimum atomic E-state index is 0.501. The molecule has 1 saturated carbocycles. The van der Waals surface area contributed by atoms with Crippen LogP contribution in [0.2, 0.25) is 0 Å². The summed E-state index contributed by atoms with van der Waals surface area (Å²) < 4.78 is 0. The molecule has 0 radical (unpaired) electrons. The molecule has 0 amide bonds. The van der Waals surface area contributed by atoms with Crippen LogP contribution in [0.4, 0.5) is 0 Å². The molecular weight excluding hydrogens is 244 g/mol. The second-order valence-electron chi connectivity index (χ2n) is 7.25. The summed E-state index contributed by atoms with van der Waals surface area (Å²) in [6.07, 6.45) is 11.3. The highest BCUT2D eigenvalue weighted by atomic mass is 15.2. The van der Waals surface area contributed by atoms with Crippen LogP contribution in [-0.2, 0) is 0 Å². The van der Waals surface area contributed by atoms with E-state index in [2.05, 4.69) is 31.0 Å². The largest absolute Gasteiger partial charge is 0.316 e. The normalized spacial score (nSPS) is 27.8. The molecule has 0 aromatic carbocycles. The number of rotatable bonds is 8. The molecule has 2 heteroatoms. The second-order valence-corrected chi connectivity index (χ2v) is 7.25. The Kier molecular flexibility index (Phi) is 6.35. The van der Waals surface area contributed by atoms with Gasteiger partial charge in [0, 0.05) is 19.1 Å². The highest BCUT2D eigenvalue weighted by molar-refractivity contribution is 4.93. The van der Waals surface area contributed by atoms with Gasteiger partial charge >= 0.3 is 0 Å². The van der Waals surface area contributed by atoms with E-state index in [1.54, 1.807) is 0 Å². The standard InChI is InChI=1S/C18H36N2/c1-4-12-19-14-18(5-2,6-3)15-20-13-11-16-9-7-8-10-17(16)20/h16-17,19H,4-15H2,1-3H3. The lowest BCUT2D eigenvalue weighted by molar-refractivity contribution is 0.100. The monoisotopic (exact) mass is 280 g/mol. The van der Waals surface area contributed by atoms with Crippen molar-refractivity contribution in [3.63, 3.8) is 0 Å². The van der Waals surface area contributed by atoms with Crippen molar-refractivity contribution >= 4 is 0 Å². The van der Waals surface area contributed by atoms with Crippen molar-refractivity contribution in [1.29, 1.82) is 0 Å². The Morgan fingerprint density at radius 2 is 1.80 bits per heavy atom. The van der Waals surface area contributed by atoms with Crippen LogP contribution in [0.5, 0.6) is 0 Å². The Hall–Kier alpha value is -0.0800. The molecule has 2 rings (SSSR count). The van der Waals surface area contributed by atoms with E-state index in [-0.39, 0.29) is 0 Å². The molecule has 1 aliphatic heterocycles. The highest BCUT2D eigenvalue weighted by Crippen LogP contribution is 2.39. The van der Waals surface area contributed by atoms with Gasteiger partial charge in [0.2, 0.25) is 0 Å². The number of nitrogens with one attached hydrogen (secondary N) is 1. The van der Waals surface area contributed by atoms with Gasteiger partial charge in [0.25, 0.3) is 0 Å². The molecule has 2 nitrogen and oxygen atoms in total.